The molecular formula is C15H23N3O3. The van der Waals surface area contributed by atoms with Crippen molar-refractivity contribution in [1.82, 2.24) is 5.32 Å². The van der Waals surface area contributed by atoms with E-state index in [0.29, 0.717) is 5.69 Å². The van der Waals surface area contributed by atoms with Gasteiger partial charge in [-0.15, -0.1) is 0 Å². The fraction of sp³-hybridized carbons (Fsp3) is 0.467. The number of aliphatic hydroxyl groups is 1. The molecule has 0 aromatic heterocycles. The molecule has 5 N–H and O–H groups in total. The summed E-state index contributed by atoms with van der Waals surface area (Å²) in [4.78, 5) is 23.9. The van der Waals surface area contributed by atoms with Crippen LogP contribution < -0.4 is 16.4 Å². The van der Waals surface area contributed by atoms with Crippen molar-refractivity contribution in [3.05, 3.63) is 29.8 Å². The Morgan fingerprint density at radius 3 is 2.24 bits per heavy atom. The molecule has 0 heterocycles. The van der Waals surface area contributed by atoms with Gasteiger partial charge in [-0.25, -0.2) is 0 Å². The maximum Gasteiger partial charge on any atom is 0.249 e. The summed E-state index contributed by atoms with van der Waals surface area (Å²) >= 11 is 0. The molecule has 0 bridgehead atoms. The number of rotatable bonds is 6. The van der Waals surface area contributed by atoms with Gasteiger partial charge in [0.25, 0.3) is 0 Å². The van der Waals surface area contributed by atoms with Crippen LogP contribution in [-0.2, 0) is 9.59 Å². The van der Waals surface area contributed by atoms with Gasteiger partial charge in [-0.2, -0.15) is 0 Å². The molecular weight excluding hydrogens is 270 g/mol. The van der Waals surface area contributed by atoms with Crippen molar-refractivity contribution in [3.63, 3.8) is 0 Å². The zero-order valence-electron chi connectivity index (χ0n) is 12.6. The van der Waals surface area contributed by atoms with Crippen LogP contribution in [0.25, 0.3) is 0 Å². The van der Waals surface area contributed by atoms with E-state index in [1.165, 1.54) is 0 Å². The Bertz CT molecular complexity index is 485. The first-order valence-corrected chi connectivity index (χ1v) is 6.89. The van der Waals surface area contributed by atoms with Gasteiger partial charge in [0.05, 0.1) is 12.6 Å². The van der Waals surface area contributed by atoms with Gasteiger partial charge in [0, 0.05) is 5.69 Å². The standard InChI is InChI=1S/C15H23N3O3/c1-9(2)13(16)15(21)18-12(8-19)14(20)17-11-6-4-10(3)5-7-11/h4-7,9,12-13,19H,8,16H2,1-3H3,(H,17,20)(H,18,21)/t12-,13-/m0/s1. The number of aryl methyl sites for hydroxylation is 1. The quantitative estimate of drug-likeness (QED) is 0.609. The lowest BCUT2D eigenvalue weighted by atomic mass is 10.0. The first-order valence-electron chi connectivity index (χ1n) is 6.89. The molecule has 0 saturated heterocycles. The third kappa shape index (κ3) is 5.17. The third-order valence-corrected chi connectivity index (χ3v) is 3.16. The Morgan fingerprint density at radius 1 is 1.19 bits per heavy atom. The molecule has 0 aliphatic heterocycles. The van der Waals surface area contributed by atoms with Crippen LogP contribution in [0.3, 0.4) is 0 Å². The molecule has 0 saturated carbocycles. The minimum Gasteiger partial charge on any atom is -0.394 e. The molecule has 1 rings (SSSR count). The van der Waals surface area contributed by atoms with Crippen molar-refractivity contribution in [2.75, 3.05) is 11.9 Å². The Hall–Kier alpha value is -1.92. The van der Waals surface area contributed by atoms with Crippen LogP contribution in [0.2, 0.25) is 0 Å². The highest BCUT2D eigenvalue weighted by Crippen LogP contribution is 2.09. The molecule has 0 spiro atoms. The lowest BCUT2D eigenvalue weighted by Gasteiger charge is -2.20. The summed E-state index contributed by atoms with van der Waals surface area (Å²) < 4.78 is 0. The monoisotopic (exact) mass is 293 g/mol. The van der Waals surface area contributed by atoms with Gasteiger partial charge in [0.15, 0.2) is 0 Å². The average molecular weight is 293 g/mol. The molecule has 2 atom stereocenters. The van der Waals surface area contributed by atoms with Gasteiger partial charge in [-0.3, -0.25) is 9.59 Å². The van der Waals surface area contributed by atoms with E-state index in [2.05, 4.69) is 10.6 Å². The SMILES string of the molecule is Cc1ccc(NC(=O)[C@H](CO)NC(=O)[C@@H](N)C(C)C)cc1. The summed E-state index contributed by atoms with van der Waals surface area (Å²) in [7, 11) is 0. The zero-order valence-corrected chi connectivity index (χ0v) is 12.6. The van der Waals surface area contributed by atoms with Crippen LogP contribution in [0, 0.1) is 12.8 Å². The number of carbonyl (C=O) groups excluding carboxylic acids is 2. The van der Waals surface area contributed by atoms with Gasteiger partial charge in [-0.1, -0.05) is 31.5 Å². The van der Waals surface area contributed by atoms with E-state index in [1.54, 1.807) is 12.1 Å². The summed E-state index contributed by atoms with van der Waals surface area (Å²) in [6, 6.07) is 5.48. The minimum absolute atomic E-state index is 0.0514. The second kappa shape index (κ2) is 7.75. The van der Waals surface area contributed by atoms with Crippen LogP contribution in [0.5, 0.6) is 0 Å². The molecule has 0 unspecified atom stereocenters. The predicted molar refractivity (Wildman–Crippen MR) is 81.6 cm³/mol. The Morgan fingerprint density at radius 2 is 1.76 bits per heavy atom. The molecule has 1 aromatic carbocycles. The minimum atomic E-state index is -1.02. The van der Waals surface area contributed by atoms with Gasteiger partial charge in [-0.05, 0) is 25.0 Å². The maximum absolute atomic E-state index is 12.0. The van der Waals surface area contributed by atoms with Crippen molar-refractivity contribution < 1.29 is 14.7 Å². The molecule has 21 heavy (non-hydrogen) atoms. The highest BCUT2D eigenvalue weighted by atomic mass is 16.3. The number of aliphatic hydroxyl groups excluding tert-OH is 1. The van der Waals surface area contributed by atoms with E-state index in [4.69, 9.17) is 5.73 Å². The first kappa shape index (κ1) is 17.1. The van der Waals surface area contributed by atoms with E-state index >= 15 is 0 Å². The first-order chi connectivity index (χ1) is 9.85. The van der Waals surface area contributed by atoms with E-state index in [1.807, 2.05) is 32.9 Å². The summed E-state index contributed by atoms with van der Waals surface area (Å²) in [5.74, 6) is -0.988. The molecule has 0 radical (unpaired) electrons. The maximum atomic E-state index is 12.0. The summed E-state index contributed by atoms with van der Waals surface area (Å²) in [5, 5.41) is 14.4. The van der Waals surface area contributed by atoms with E-state index in [-0.39, 0.29) is 5.92 Å². The Labute approximate surface area is 124 Å². The van der Waals surface area contributed by atoms with Gasteiger partial charge in [0.2, 0.25) is 11.8 Å². The number of anilines is 1. The largest absolute Gasteiger partial charge is 0.394 e. The average Bonchev–Trinajstić information content (AvgIpc) is 2.45. The number of nitrogens with one attached hydrogen (secondary N) is 2. The number of carbonyl (C=O) groups is 2. The topological polar surface area (TPSA) is 104 Å². The van der Waals surface area contributed by atoms with Crippen LogP contribution in [0.4, 0.5) is 5.69 Å². The van der Waals surface area contributed by atoms with Gasteiger partial charge in [0.1, 0.15) is 6.04 Å². The summed E-state index contributed by atoms with van der Waals surface area (Å²) in [5.41, 5.74) is 7.38. The van der Waals surface area contributed by atoms with E-state index in [9.17, 15) is 14.7 Å². The lowest BCUT2D eigenvalue weighted by molar-refractivity contribution is -0.128. The molecule has 6 heteroatoms. The van der Waals surface area contributed by atoms with Crippen molar-refractivity contribution in [2.24, 2.45) is 11.7 Å². The zero-order chi connectivity index (χ0) is 16.0. The highest BCUT2D eigenvalue weighted by molar-refractivity contribution is 5.97. The van der Waals surface area contributed by atoms with Crippen molar-refractivity contribution in [2.45, 2.75) is 32.9 Å². The number of nitrogens with two attached hydrogens (primary N) is 1. The van der Waals surface area contributed by atoms with Crippen LogP contribution in [0.1, 0.15) is 19.4 Å². The van der Waals surface area contributed by atoms with Crippen molar-refractivity contribution in [3.8, 4) is 0 Å². The van der Waals surface area contributed by atoms with Crippen molar-refractivity contribution in [1.29, 1.82) is 0 Å². The van der Waals surface area contributed by atoms with Crippen molar-refractivity contribution >= 4 is 17.5 Å². The van der Waals surface area contributed by atoms with Gasteiger partial charge < -0.3 is 21.5 Å². The third-order valence-electron chi connectivity index (χ3n) is 3.16. The molecule has 1 aromatic rings. The number of hydrogen-bond acceptors (Lipinski definition) is 4. The Balaban J connectivity index is 2.65. The second-order valence-electron chi connectivity index (χ2n) is 5.37. The molecule has 116 valence electrons. The summed E-state index contributed by atoms with van der Waals surface area (Å²) in [6.07, 6.45) is 0. The van der Waals surface area contributed by atoms with Gasteiger partial charge >= 0.3 is 0 Å². The number of amides is 2. The molecule has 0 aliphatic rings. The number of hydrogen-bond donors (Lipinski definition) is 4. The number of benzene rings is 1. The van der Waals surface area contributed by atoms with Crippen LogP contribution in [-0.4, -0.2) is 35.6 Å². The molecule has 2 amide bonds. The summed E-state index contributed by atoms with van der Waals surface area (Å²) in [6.45, 7) is 5.07. The Kier molecular flexibility index (Phi) is 6.33. The van der Waals surface area contributed by atoms with Crippen LogP contribution >= 0.6 is 0 Å². The van der Waals surface area contributed by atoms with E-state index < -0.39 is 30.5 Å². The molecule has 0 aliphatic carbocycles. The predicted octanol–water partition coefficient (Wildman–Crippen LogP) is 0.394. The lowest BCUT2D eigenvalue weighted by Crippen LogP contribution is -2.52. The molecule has 6 nitrogen and oxygen atoms in total. The molecule has 0 fully saturated rings. The van der Waals surface area contributed by atoms with E-state index in [0.717, 1.165) is 5.56 Å². The van der Waals surface area contributed by atoms with Crippen LogP contribution in [0.15, 0.2) is 24.3 Å². The highest BCUT2D eigenvalue weighted by Gasteiger charge is 2.24. The normalized spacial score (nSPS) is 13.6. The fourth-order valence-electron chi connectivity index (χ4n) is 1.63. The fourth-order valence-corrected chi connectivity index (χ4v) is 1.63. The smallest absolute Gasteiger partial charge is 0.249 e. The second-order valence-corrected chi connectivity index (χ2v) is 5.37.